The van der Waals surface area contributed by atoms with Crippen molar-refractivity contribution < 1.29 is 20.1 Å². The van der Waals surface area contributed by atoms with Gasteiger partial charge in [0.25, 0.3) is 0 Å². The third-order valence-corrected chi connectivity index (χ3v) is 2.86. The fourth-order valence-electron chi connectivity index (χ4n) is 1.63. The summed E-state index contributed by atoms with van der Waals surface area (Å²) >= 11 is 0. The van der Waals surface area contributed by atoms with Crippen molar-refractivity contribution in [2.45, 2.75) is 27.2 Å². The van der Waals surface area contributed by atoms with Gasteiger partial charge >= 0.3 is 5.97 Å². The van der Waals surface area contributed by atoms with Crippen LogP contribution in [-0.2, 0) is 4.79 Å². The highest BCUT2D eigenvalue weighted by atomic mass is 16.4. The minimum absolute atomic E-state index is 0.0828. The van der Waals surface area contributed by atoms with Gasteiger partial charge < -0.3 is 15.3 Å². The number of carboxylic acid groups (broad SMARTS) is 1. The van der Waals surface area contributed by atoms with E-state index in [4.69, 9.17) is 5.11 Å². The molecule has 0 aliphatic rings. The van der Waals surface area contributed by atoms with Gasteiger partial charge in [0, 0.05) is 11.1 Å². The zero-order valence-corrected chi connectivity index (χ0v) is 10.1. The lowest BCUT2D eigenvalue weighted by molar-refractivity contribution is -0.135. The molecule has 0 aliphatic heterocycles. The first-order chi connectivity index (χ1) is 7.86. The van der Waals surface area contributed by atoms with Crippen LogP contribution in [0.1, 0.15) is 28.7 Å². The van der Waals surface area contributed by atoms with Crippen LogP contribution in [0.15, 0.2) is 6.08 Å². The highest BCUT2D eigenvalue weighted by Crippen LogP contribution is 2.36. The normalized spacial score (nSPS) is 11.0. The predicted molar refractivity (Wildman–Crippen MR) is 65.3 cm³/mol. The molecule has 3 N–H and O–H groups in total. The van der Waals surface area contributed by atoms with E-state index < -0.39 is 5.97 Å². The molecule has 0 heterocycles. The zero-order valence-electron chi connectivity index (χ0n) is 10.1. The summed E-state index contributed by atoms with van der Waals surface area (Å²) in [6.45, 7) is 5.11. The van der Waals surface area contributed by atoms with Crippen molar-refractivity contribution in [1.29, 1.82) is 0 Å². The number of carboxylic acids is 1. The maximum atomic E-state index is 10.4. The summed E-state index contributed by atoms with van der Waals surface area (Å²) in [5, 5.41) is 28.3. The van der Waals surface area contributed by atoms with Gasteiger partial charge in [-0.15, -0.1) is 0 Å². The fraction of sp³-hybridized carbons (Fsp3) is 0.308. The van der Waals surface area contributed by atoms with Crippen molar-refractivity contribution in [3.63, 3.8) is 0 Å². The topological polar surface area (TPSA) is 77.8 Å². The van der Waals surface area contributed by atoms with Crippen LogP contribution < -0.4 is 0 Å². The third kappa shape index (κ3) is 2.58. The van der Waals surface area contributed by atoms with Crippen LogP contribution in [0, 0.1) is 20.8 Å². The highest BCUT2D eigenvalue weighted by Gasteiger charge is 2.14. The van der Waals surface area contributed by atoms with Crippen LogP contribution in [-0.4, -0.2) is 21.3 Å². The maximum absolute atomic E-state index is 10.4. The summed E-state index contributed by atoms with van der Waals surface area (Å²) in [5.41, 5.74) is 2.25. The molecule has 0 unspecified atom stereocenters. The Morgan fingerprint density at radius 1 is 1.06 bits per heavy atom. The molecule has 0 atom stereocenters. The Morgan fingerprint density at radius 3 is 2.12 bits per heavy atom. The molecule has 1 aromatic carbocycles. The molecule has 0 fully saturated rings. The van der Waals surface area contributed by atoms with Crippen molar-refractivity contribution in [2.75, 3.05) is 0 Å². The van der Waals surface area contributed by atoms with Gasteiger partial charge in [0.1, 0.15) is 11.5 Å². The fourth-order valence-corrected chi connectivity index (χ4v) is 1.63. The molecular formula is C13H16O4. The summed E-state index contributed by atoms with van der Waals surface area (Å²) in [4.78, 5) is 10.4. The molecule has 0 bridgehead atoms. The number of carbonyl (C=O) groups is 1. The molecule has 1 rings (SSSR count). The van der Waals surface area contributed by atoms with E-state index in [-0.39, 0.29) is 17.9 Å². The molecule has 92 valence electrons. The van der Waals surface area contributed by atoms with Crippen LogP contribution in [0.3, 0.4) is 0 Å². The summed E-state index contributed by atoms with van der Waals surface area (Å²) in [6.07, 6.45) is 2.84. The van der Waals surface area contributed by atoms with E-state index in [1.807, 2.05) is 0 Å². The molecule has 0 amide bonds. The number of phenols is 2. The second-order valence-electron chi connectivity index (χ2n) is 3.99. The van der Waals surface area contributed by atoms with Crippen molar-refractivity contribution in [1.82, 2.24) is 0 Å². The maximum Gasteiger partial charge on any atom is 0.307 e. The summed E-state index contributed by atoms with van der Waals surface area (Å²) in [5.74, 6) is -0.721. The number of benzene rings is 1. The van der Waals surface area contributed by atoms with Crippen molar-refractivity contribution >= 4 is 12.0 Å². The lowest BCUT2D eigenvalue weighted by Gasteiger charge is -2.13. The van der Waals surface area contributed by atoms with E-state index in [2.05, 4.69) is 0 Å². The third-order valence-electron chi connectivity index (χ3n) is 2.86. The van der Waals surface area contributed by atoms with Crippen LogP contribution in [0.5, 0.6) is 11.5 Å². The Morgan fingerprint density at radius 2 is 1.59 bits per heavy atom. The molecule has 17 heavy (non-hydrogen) atoms. The number of hydrogen-bond donors (Lipinski definition) is 3. The molecule has 0 saturated heterocycles. The second kappa shape index (κ2) is 4.91. The average Bonchev–Trinajstić information content (AvgIpc) is 2.28. The number of rotatable bonds is 3. The first kappa shape index (κ1) is 13.1. The SMILES string of the molecule is Cc1c(C)c(O)c(/C=C/CC(=O)O)c(C)c1O. The quantitative estimate of drug-likeness (QED) is 0.705. The van der Waals surface area contributed by atoms with Gasteiger partial charge in [0.15, 0.2) is 0 Å². The van der Waals surface area contributed by atoms with Crippen molar-refractivity contribution in [3.05, 3.63) is 28.3 Å². The smallest absolute Gasteiger partial charge is 0.307 e. The van der Waals surface area contributed by atoms with Gasteiger partial charge in [-0.3, -0.25) is 4.79 Å². The molecule has 0 aliphatic carbocycles. The van der Waals surface area contributed by atoms with Gasteiger partial charge in [-0.05, 0) is 31.9 Å². The number of hydrogen-bond acceptors (Lipinski definition) is 3. The Balaban J connectivity index is 3.25. The monoisotopic (exact) mass is 236 g/mol. The molecule has 0 aromatic heterocycles. The zero-order chi connectivity index (χ0) is 13.2. The Labute approximate surface area is 99.8 Å². The van der Waals surface area contributed by atoms with Crippen LogP contribution in [0.25, 0.3) is 6.08 Å². The molecule has 0 spiro atoms. The Hall–Kier alpha value is -1.97. The van der Waals surface area contributed by atoms with E-state index in [0.29, 0.717) is 22.3 Å². The lowest BCUT2D eigenvalue weighted by atomic mass is 9.97. The first-order valence-corrected chi connectivity index (χ1v) is 5.26. The van der Waals surface area contributed by atoms with E-state index in [1.54, 1.807) is 20.8 Å². The number of phenolic OH excluding ortho intramolecular Hbond substituents is 2. The standard InChI is InChI=1S/C13H16O4/c1-7-8(2)13(17)10(9(3)12(7)16)5-4-6-11(14)15/h4-5,16-17H,6H2,1-3H3,(H,14,15)/b5-4+. The first-order valence-electron chi connectivity index (χ1n) is 5.26. The minimum atomic E-state index is -0.938. The van der Waals surface area contributed by atoms with E-state index in [9.17, 15) is 15.0 Å². The van der Waals surface area contributed by atoms with Crippen molar-refractivity contribution in [2.24, 2.45) is 0 Å². The average molecular weight is 236 g/mol. The Kier molecular flexibility index (Phi) is 3.78. The lowest BCUT2D eigenvalue weighted by Crippen LogP contribution is -1.93. The summed E-state index contributed by atoms with van der Waals surface area (Å²) < 4.78 is 0. The van der Waals surface area contributed by atoms with E-state index >= 15 is 0 Å². The molecular weight excluding hydrogens is 220 g/mol. The van der Waals surface area contributed by atoms with Gasteiger partial charge in [-0.25, -0.2) is 0 Å². The van der Waals surface area contributed by atoms with Crippen LogP contribution in [0.2, 0.25) is 0 Å². The van der Waals surface area contributed by atoms with Crippen LogP contribution in [0.4, 0.5) is 0 Å². The van der Waals surface area contributed by atoms with Gasteiger partial charge in [-0.1, -0.05) is 12.2 Å². The van der Waals surface area contributed by atoms with Gasteiger partial charge in [0.2, 0.25) is 0 Å². The number of aliphatic carboxylic acids is 1. The van der Waals surface area contributed by atoms with Gasteiger partial charge in [-0.2, -0.15) is 0 Å². The van der Waals surface area contributed by atoms with Crippen LogP contribution >= 0.6 is 0 Å². The summed E-state index contributed by atoms with van der Waals surface area (Å²) in [6, 6.07) is 0. The molecule has 0 radical (unpaired) electrons. The van der Waals surface area contributed by atoms with E-state index in [0.717, 1.165) is 0 Å². The molecule has 4 heteroatoms. The number of aromatic hydroxyl groups is 2. The highest BCUT2D eigenvalue weighted by molar-refractivity contribution is 5.73. The van der Waals surface area contributed by atoms with Gasteiger partial charge in [0.05, 0.1) is 6.42 Å². The second-order valence-corrected chi connectivity index (χ2v) is 3.99. The molecule has 0 saturated carbocycles. The molecule has 4 nitrogen and oxygen atoms in total. The molecule has 1 aromatic rings. The summed E-state index contributed by atoms with van der Waals surface area (Å²) in [7, 11) is 0. The minimum Gasteiger partial charge on any atom is -0.507 e. The van der Waals surface area contributed by atoms with E-state index in [1.165, 1.54) is 12.2 Å². The Bertz CT molecular complexity index is 458. The largest absolute Gasteiger partial charge is 0.507 e. The predicted octanol–water partition coefficient (Wildman–Crippen LogP) is 2.51. The van der Waals surface area contributed by atoms with Crippen molar-refractivity contribution in [3.8, 4) is 11.5 Å².